The molecule has 80 valence electrons. The lowest BCUT2D eigenvalue weighted by atomic mass is 10.1. The fourth-order valence-corrected chi connectivity index (χ4v) is 1.40. The maximum atomic E-state index is 12.7. The van der Waals surface area contributed by atoms with Crippen LogP contribution < -0.4 is 5.32 Å². The zero-order chi connectivity index (χ0) is 11.3. The van der Waals surface area contributed by atoms with Crippen molar-refractivity contribution in [3.05, 3.63) is 35.6 Å². The number of halogens is 1. The van der Waals surface area contributed by atoms with Crippen LogP contribution in [0.4, 0.5) is 4.39 Å². The van der Waals surface area contributed by atoms with Crippen molar-refractivity contribution in [1.82, 2.24) is 5.32 Å². The first-order valence-corrected chi connectivity index (χ1v) is 5.08. The summed E-state index contributed by atoms with van der Waals surface area (Å²) in [6, 6.07) is 8.42. The molecule has 0 heterocycles. The van der Waals surface area contributed by atoms with Gasteiger partial charge in [-0.1, -0.05) is 19.1 Å². The lowest BCUT2D eigenvalue weighted by Crippen LogP contribution is -2.29. The van der Waals surface area contributed by atoms with Gasteiger partial charge in [0.1, 0.15) is 5.82 Å². The normalized spacial score (nSPS) is 14.3. The molecule has 0 spiro atoms. The van der Waals surface area contributed by atoms with Crippen LogP contribution in [0.15, 0.2) is 24.3 Å². The number of nitrogens with one attached hydrogen (secondary N) is 1. The summed E-state index contributed by atoms with van der Waals surface area (Å²) in [4.78, 5) is 0. The van der Waals surface area contributed by atoms with E-state index < -0.39 is 0 Å². The number of benzene rings is 1. The highest BCUT2D eigenvalue weighted by molar-refractivity contribution is 5.19. The molecule has 0 fully saturated rings. The third-order valence-corrected chi connectivity index (χ3v) is 2.39. The van der Waals surface area contributed by atoms with Crippen molar-refractivity contribution in [1.29, 1.82) is 5.26 Å². The lowest BCUT2D eigenvalue weighted by molar-refractivity contribution is 0.507. The highest BCUT2D eigenvalue weighted by atomic mass is 19.1. The Morgan fingerprint density at radius 2 is 2.00 bits per heavy atom. The molecular formula is C12H15FN2. The van der Waals surface area contributed by atoms with E-state index in [9.17, 15) is 4.39 Å². The number of nitrogens with zero attached hydrogens (tertiary/aromatic N) is 1. The fraction of sp³-hybridized carbons (Fsp3) is 0.417. The molecule has 0 amide bonds. The minimum absolute atomic E-state index is 0.0650. The van der Waals surface area contributed by atoms with E-state index in [1.165, 1.54) is 12.1 Å². The van der Waals surface area contributed by atoms with Gasteiger partial charge < -0.3 is 0 Å². The molecule has 1 rings (SSSR count). The lowest BCUT2D eigenvalue weighted by Gasteiger charge is -2.17. The summed E-state index contributed by atoms with van der Waals surface area (Å²) in [6.45, 7) is 3.92. The number of hydrogen-bond acceptors (Lipinski definition) is 2. The van der Waals surface area contributed by atoms with E-state index in [0.29, 0.717) is 0 Å². The van der Waals surface area contributed by atoms with Crippen molar-refractivity contribution in [3.63, 3.8) is 0 Å². The molecule has 0 radical (unpaired) electrons. The van der Waals surface area contributed by atoms with Crippen LogP contribution in [0.2, 0.25) is 0 Å². The van der Waals surface area contributed by atoms with Gasteiger partial charge in [-0.2, -0.15) is 5.26 Å². The van der Waals surface area contributed by atoms with E-state index in [0.717, 1.165) is 12.0 Å². The van der Waals surface area contributed by atoms with E-state index in [-0.39, 0.29) is 17.9 Å². The molecule has 1 unspecified atom stereocenters. The van der Waals surface area contributed by atoms with Crippen LogP contribution in [0.1, 0.15) is 31.9 Å². The summed E-state index contributed by atoms with van der Waals surface area (Å²) in [6.07, 6.45) is 0.766. The first kappa shape index (κ1) is 11.7. The minimum Gasteiger partial charge on any atom is -0.295 e. The van der Waals surface area contributed by atoms with E-state index >= 15 is 0 Å². The molecule has 15 heavy (non-hydrogen) atoms. The summed E-state index contributed by atoms with van der Waals surface area (Å²) in [5.74, 6) is -0.238. The van der Waals surface area contributed by atoms with Crippen LogP contribution in [0, 0.1) is 17.1 Å². The standard InChI is InChI=1S/C12H15FN2/c1-3-12(8-14)15-9(2)10-4-6-11(13)7-5-10/h4-7,9,12,15H,3H2,1-2H3/t9-,12?/m1/s1. The van der Waals surface area contributed by atoms with Crippen LogP contribution in [-0.4, -0.2) is 6.04 Å². The van der Waals surface area contributed by atoms with Gasteiger partial charge in [-0.15, -0.1) is 0 Å². The van der Waals surface area contributed by atoms with Crippen LogP contribution in [0.3, 0.4) is 0 Å². The number of nitriles is 1. The third-order valence-electron chi connectivity index (χ3n) is 2.39. The van der Waals surface area contributed by atoms with Gasteiger partial charge in [-0.3, -0.25) is 5.32 Å². The van der Waals surface area contributed by atoms with Crippen LogP contribution >= 0.6 is 0 Å². The van der Waals surface area contributed by atoms with Gasteiger partial charge in [0.2, 0.25) is 0 Å². The van der Waals surface area contributed by atoms with Crippen molar-refractivity contribution < 1.29 is 4.39 Å². The van der Waals surface area contributed by atoms with Gasteiger partial charge in [0.25, 0.3) is 0 Å². The number of rotatable bonds is 4. The van der Waals surface area contributed by atoms with E-state index in [4.69, 9.17) is 5.26 Å². The molecule has 0 saturated heterocycles. The van der Waals surface area contributed by atoms with Crippen molar-refractivity contribution in [2.45, 2.75) is 32.4 Å². The Morgan fingerprint density at radius 3 is 2.47 bits per heavy atom. The molecular weight excluding hydrogens is 191 g/mol. The zero-order valence-corrected chi connectivity index (χ0v) is 9.00. The second-order valence-electron chi connectivity index (χ2n) is 3.53. The third kappa shape index (κ3) is 3.34. The summed E-state index contributed by atoms with van der Waals surface area (Å²) in [5, 5.41) is 12.0. The second-order valence-corrected chi connectivity index (χ2v) is 3.53. The monoisotopic (exact) mass is 206 g/mol. The topological polar surface area (TPSA) is 35.8 Å². The largest absolute Gasteiger partial charge is 0.295 e. The molecule has 1 aromatic carbocycles. The quantitative estimate of drug-likeness (QED) is 0.822. The fourth-order valence-electron chi connectivity index (χ4n) is 1.40. The van der Waals surface area contributed by atoms with Crippen molar-refractivity contribution in [3.8, 4) is 6.07 Å². The second kappa shape index (κ2) is 5.47. The van der Waals surface area contributed by atoms with Crippen molar-refractivity contribution in [2.24, 2.45) is 0 Å². The molecule has 0 aromatic heterocycles. The Bertz CT molecular complexity index is 340. The molecule has 3 heteroatoms. The maximum Gasteiger partial charge on any atom is 0.123 e. The van der Waals surface area contributed by atoms with Gasteiger partial charge in [0.15, 0.2) is 0 Å². The van der Waals surface area contributed by atoms with E-state index in [2.05, 4.69) is 11.4 Å². The van der Waals surface area contributed by atoms with Gasteiger partial charge in [-0.25, -0.2) is 4.39 Å². The summed E-state index contributed by atoms with van der Waals surface area (Å²) in [5.41, 5.74) is 0.991. The van der Waals surface area contributed by atoms with Crippen molar-refractivity contribution in [2.75, 3.05) is 0 Å². The van der Waals surface area contributed by atoms with E-state index in [1.54, 1.807) is 12.1 Å². The first-order valence-electron chi connectivity index (χ1n) is 5.08. The summed E-state index contributed by atoms with van der Waals surface area (Å²) in [7, 11) is 0. The highest BCUT2D eigenvalue weighted by Gasteiger charge is 2.10. The molecule has 0 aliphatic rings. The molecule has 0 aliphatic carbocycles. The van der Waals surface area contributed by atoms with Crippen LogP contribution in [0.5, 0.6) is 0 Å². The van der Waals surface area contributed by atoms with E-state index in [1.807, 2.05) is 13.8 Å². The Morgan fingerprint density at radius 1 is 1.40 bits per heavy atom. The zero-order valence-electron chi connectivity index (χ0n) is 9.00. The number of hydrogen-bond donors (Lipinski definition) is 1. The summed E-state index contributed by atoms with van der Waals surface area (Å²) >= 11 is 0. The Labute approximate surface area is 89.7 Å². The molecule has 2 atom stereocenters. The SMILES string of the molecule is CCC(C#N)N[C@H](C)c1ccc(F)cc1. The molecule has 0 bridgehead atoms. The predicted molar refractivity (Wildman–Crippen MR) is 57.6 cm³/mol. The Balaban J connectivity index is 2.65. The maximum absolute atomic E-state index is 12.7. The molecule has 2 nitrogen and oxygen atoms in total. The summed E-state index contributed by atoms with van der Waals surface area (Å²) < 4.78 is 12.7. The van der Waals surface area contributed by atoms with Gasteiger partial charge in [0.05, 0.1) is 12.1 Å². The average molecular weight is 206 g/mol. The Hall–Kier alpha value is -1.40. The molecule has 0 aliphatic heterocycles. The predicted octanol–water partition coefficient (Wildman–Crippen LogP) is 2.78. The molecule has 0 saturated carbocycles. The average Bonchev–Trinajstić information content (AvgIpc) is 2.26. The first-order chi connectivity index (χ1) is 7.17. The minimum atomic E-state index is -0.238. The van der Waals surface area contributed by atoms with Gasteiger partial charge in [0, 0.05) is 6.04 Å². The molecule has 1 aromatic rings. The van der Waals surface area contributed by atoms with Gasteiger partial charge >= 0.3 is 0 Å². The molecule has 1 N–H and O–H groups in total. The van der Waals surface area contributed by atoms with Gasteiger partial charge in [-0.05, 0) is 31.0 Å². The van der Waals surface area contributed by atoms with Crippen LogP contribution in [0.25, 0.3) is 0 Å². The highest BCUT2D eigenvalue weighted by Crippen LogP contribution is 2.13. The smallest absolute Gasteiger partial charge is 0.123 e. The Kier molecular flexibility index (Phi) is 4.26. The van der Waals surface area contributed by atoms with Crippen LogP contribution in [-0.2, 0) is 0 Å². The van der Waals surface area contributed by atoms with Crippen molar-refractivity contribution >= 4 is 0 Å².